The van der Waals surface area contributed by atoms with E-state index in [-0.39, 0.29) is 6.10 Å². The second-order valence-corrected chi connectivity index (χ2v) is 12.8. The SMILES string of the molecule is CC[N+](CC)=C1CCC2=CC3=C(OC2C1)/C(=C/C1=C2OC4=C(C=C2CCC1)CCc1ccccc14)CCC3.[O-][Cl+3]([O-])([O-])[O-]. The van der Waals surface area contributed by atoms with Crippen molar-refractivity contribution in [3.8, 4) is 0 Å². The Morgan fingerprint density at radius 3 is 2.35 bits per heavy atom. The number of hydrogen-bond donors (Lipinski definition) is 0. The van der Waals surface area contributed by atoms with Crippen LogP contribution in [0, 0.1) is 10.2 Å². The summed E-state index contributed by atoms with van der Waals surface area (Å²) in [4.78, 5) is 0. The zero-order valence-electron chi connectivity index (χ0n) is 25.1. The third kappa shape index (κ3) is 6.61. The third-order valence-electron chi connectivity index (χ3n) is 9.44. The van der Waals surface area contributed by atoms with Crippen LogP contribution < -0.4 is 18.6 Å². The maximum Gasteiger partial charge on any atom is 0.156 e. The Hall–Kier alpha value is -2.94. The van der Waals surface area contributed by atoms with E-state index in [1.807, 2.05) is 0 Å². The molecule has 7 nitrogen and oxygen atoms in total. The van der Waals surface area contributed by atoms with Gasteiger partial charge in [0.05, 0.1) is 6.42 Å². The molecule has 0 saturated heterocycles. The van der Waals surface area contributed by atoms with Gasteiger partial charge in [-0.1, -0.05) is 30.3 Å². The van der Waals surface area contributed by atoms with E-state index in [0.717, 1.165) is 76.0 Å². The molecule has 1 unspecified atom stereocenters. The summed E-state index contributed by atoms with van der Waals surface area (Å²) in [6.07, 6.45) is 20.0. The standard InChI is InChI=1S/C35H40NO2.ClHO4/c1-3-36(4-2)30-18-17-24-19-25-10-7-11-26(33(25)37-32(24)22-30)20-27-12-8-13-28-21-29-16-15-23-9-5-6-14-31(23)35(29)38-34(27)28;2-1(3,4)5/h5-6,9,14,19-21,32H,3-4,7-8,10-13,15-18,22H2,1-2H3;(H,2,3,4,5)/q+1;/p-1/b26-20+;. The molecule has 2 aliphatic heterocycles. The van der Waals surface area contributed by atoms with Crippen LogP contribution in [-0.2, 0) is 15.9 Å². The van der Waals surface area contributed by atoms with Gasteiger partial charge in [-0.2, -0.15) is 0 Å². The Kier molecular flexibility index (Phi) is 8.81. The quantitative estimate of drug-likeness (QED) is 0.488. The summed E-state index contributed by atoms with van der Waals surface area (Å²) in [5, 5.41) is 0. The first kappa shape index (κ1) is 30.1. The molecule has 0 radical (unpaired) electrons. The normalized spacial score (nSPS) is 23.8. The van der Waals surface area contributed by atoms with Crippen LogP contribution in [0.15, 0.2) is 87.5 Å². The van der Waals surface area contributed by atoms with Crippen molar-refractivity contribution in [2.24, 2.45) is 0 Å². The highest BCUT2D eigenvalue weighted by Gasteiger charge is 2.35. The second-order valence-electron chi connectivity index (χ2n) is 12.0. The highest BCUT2D eigenvalue weighted by atomic mass is 35.7. The molecule has 7 rings (SSSR count). The Balaban J connectivity index is 0.000000611. The minimum absolute atomic E-state index is 0.205. The fourth-order valence-electron chi connectivity index (χ4n) is 7.44. The average Bonchev–Trinajstić information content (AvgIpc) is 2.99. The van der Waals surface area contributed by atoms with Crippen molar-refractivity contribution in [3.63, 3.8) is 0 Å². The number of aryl methyl sites for hydroxylation is 1. The number of fused-ring (bicyclic) bond motifs is 4. The van der Waals surface area contributed by atoms with Crippen molar-refractivity contribution in [1.82, 2.24) is 0 Å². The third-order valence-corrected chi connectivity index (χ3v) is 9.44. The molecule has 1 saturated carbocycles. The van der Waals surface area contributed by atoms with Gasteiger partial charge in [-0.25, -0.2) is 23.2 Å². The Labute approximate surface area is 256 Å². The van der Waals surface area contributed by atoms with Crippen molar-refractivity contribution in [2.45, 2.75) is 90.6 Å². The zero-order valence-corrected chi connectivity index (χ0v) is 25.8. The molecule has 0 spiro atoms. The first-order valence-electron chi connectivity index (χ1n) is 15.7. The van der Waals surface area contributed by atoms with Gasteiger partial charge in [-0.15, -0.1) is 10.2 Å². The fourth-order valence-corrected chi connectivity index (χ4v) is 7.44. The summed E-state index contributed by atoms with van der Waals surface area (Å²) in [6.45, 7) is 6.72. The van der Waals surface area contributed by atoms with Crippen molar-refractivity contribution < 1.29 is 42.9 Å². The van der Waals surface area contributed by atoms with Gasteiger partial charge >= 0.3 is 0 Å². The molecule has 6 aliphatic rings. The zero-order chi connectivity index (χ0) is 30.1. The lowest BCUT2D eigenvalue weighted by molar-refractivity contribution is -2.00. The molecule has 2 heterocycles. The molecule has 4 aliphatic carbocycles. The Morgan fingerprint density at radius 2 is 1.56 bits per heavy atom. The maximum absolute atomic E-state index is 8.49. The summed E-state index contributed by atoms with van der Waals surface area (Å²) in [7, 11) is -4.94. The largest absolute Gasteiger partial charge is 0.485 e. The molecule has 1 aromatic rings. The second kappa shape index (κ2) is 12.6. The van der Waals surface area contributed by atoms with Crippen molar-refractivity contribution in [3.05, 3.63) is 98.6 Å². The average molecular weight is 606 g/mol. The van der Waals surface area contributed by atoms with Crippen LogP contribution in [0.3, 0.4) is 0 Å². The van der Waals surface area contributed by atoms with E-state index in [1.165, 1.54) is 69.6 Å². The number of rotatable bonds is 3. The van der Waals surface area contributed by atoms with Crippen molar-refractivity contribution in [1.29, 1.82) is 0 Å². The summed E-state index contributed by atoms with van der Waals surface area (Å²) in [5.41, 5.74) is 12.7. The minimum atomic E-state index is -4.94. The van der Waals surface area contributed by atoms with Gasteiger partial charge in [0, 0.05) is 12.0 Å². The molecule has 1 atom stereocenters. The number of ether oxygens (including phenoxy) is 2. The Morgan fingerprint density at radius 1 is 0.814 bits per heavy atom. The molecule has 43 heavy (non-hydrogen) atoms. The van der Waals surface area contributed by atoms with Gasteiger partial charge < -0.3 is 9.47 Å². The van der Waals surface area contributed by atoms with Crippen LogP contribution in [0.2, 0.25) is 0 Å². The molecule has 8 heteroatoms. The summed E-state index contributed by atoms with van der Waals surface area (Å²) < 4.78 is 50.2. The number of nitrogens with zero attached hydrogens (tertiary/aromatic N) is 1. The van der Waals surface area contributed by atoms with Gasteiger partial charge in [-0.3, -0.25) is 0 Å². The van der Waals surface area contributed by atoms with Crippen LogP contribution >= 0.6 is 0 Å². The summed E-state index contributed by atoms with van der Waals surface area (Å²) in [6, 6.07) is 8.78. The smallest absolute Gasteiger partial charge is 0.156 e. The molecule has 0 amide bonds. The molecule has 0 bridgehead atoms. The van der Waals surface area contributed by atoms with Gasteiger partial charge in [-0.05, 0) is 123 Å². The predicted molar refractivity (Wildman–Crippen MR) is 154 cm³/mol. The molecular weight excluding hydrogens is 566 g/mol. The van der Waals surface area contributed by atoms with E-state index in [2.05, 4.69) is 60.9 Å². The lowest BCUT2D eigenvalue weighted by Crippen LogP contribution is -2.68. The van der Waals surface area contributed by atoms with E-state index in [9.17, 15) is 0 Å². The number of halogens is 1. The molecule has 0 N–H and O–H groups in total. The summed E-state index contributed by atoms with van der Waals surface area (Å²) >= 11 is 0. The highest BCUT2D eigenvalue weighted by Crippen LogP contribution is 2.46. The van der Waals surface area contributed by atoms with E-state index in [0.29, 0.717) is 0 Å². The molecule has 1 aromatic carbocycles. The number of benzene rings is 1. The van der Waals surface area contributed by atoms with E-state index < -0.39 is 10.2 Å². The monoisotopic (exact) mass is 605 g/mol. The number of hydrogen-bond acceptors (Lipinski definition) is 6. The van der Waals surface area contributed by atoms with E-state index >= 15 is 0 Å². The van der Waals surface area contributed by atoms with Crippen LogP contribution in [0.4, 0.5) is 0 Å². The first-order chi connectivity index (χ1) is 20.7. The first-order valence-corrected chi connectivity index (χ1v) is 16.9. The van der Waals surface area contributed by atoms with Crippen LogP contribution in [0.25, 0.3) is 5.76 Å². The lowest BCUT2D eigenvalue weighted by Gasteiger charge is -2.35. The lowest BCUT2D eigenvalue weighted by atomic mass is 9.81. The van der Waals surface area contributed by atoms with E-state index in [1.54, 1.807) is 5.71 Å². The number of allylic oxidation sites excluding steroid dienone is 8. The van der Waals surface area contributed by atoms with Crippen molar-refractivity contribution >= 4 is 11.5 Å². The van der Waals surface area contributed by atoms with Crippen molar-refractivity contribution in [2.75, 3.05) is 13.1 Å². The van der Waals surface area contributed by atoms with Gasteiger partial charge in [0.25, 0.3) is 0 Å². The molecule has 0 aromatic heterocycles. The molecular formula is C35H40ClNO6. The van der Waals surface area contributed by atoms with Crippen LogP contribution in [-0.4, -0.2) is 29.5 Å². The predicted octanol–water partition coefficient (Wildman–Crippen LogP) is 3.35. The molecule has 228 valence electrons. The van der Waals surface area contributed by atoms with Gasteiger partial charge in [0.1, 0.15) is 36.5 Å². The van der Waals surface area contributed by atoms with Crippen LogP contribution in [0.5, 0.6) is 0 Å². The Bertz CT molecular complexity index is 1500. The minimum Gasteiger partial charge on any atom is -0.485 e. The molecule has 1 fully saturated rings. The fraction of sp³-hybridized carbons (Fsp3) is 0.457. The van der Waals surface area contributed by atoms with Gasteiger partial charge in [0.15, 0.2) is 5.71 Å². The van der Waals surface area contributed by atoms with Crippen LogP contribution in [0.1, 0.15) is 89.2 Å². The topological polar surface area (TPSA) is 114 Å². The maximum atomic E-state index is 8.49. The van der Waals surface area contributed by atoms with Gasteiger partial charge in [0.2, 0.25) is 0 Å². The van der Waals surface area contributed by atoms with E-state index in [4.69, 9.17) is 28.1 Å². The highest BCUT2D eigenvalue weighted by molar-refractivity contribution is 5.82. The summed E-state index contributed by atoms with van der Waals surface area (Å²) in [5.74, 6) is 3.39.